The fraction of sp³-hybridized carbons (Fsp3) is 0.489. The predicted octanol–water partition coefficient (Wildman–Crippen LogP) is 4.61. The number of amides is 5. The molecule has 7 rings (SSSR count). The zero-order valence-electron chi connectivity index (χ0n) is 35.0. The van der Waals surface area contributed by atoms with Gasteiger partial charge in [0.05, 0.1) is 0 Å². The fourth-order valence-electron chi connectivity index (χ4n) is 8.63. The first kappa shape index (κ1) is 43.2. The molecular weight excluding hydrogens is 771 g/mol. The number of nitrogens with zero attached hydrogens (tertiary/aromatic N) is 7. The molecule has 0 spiro atoms. The van der Waals surface area contributed by atoms with Gasteiger partial charge in [-0.1, -0.05) is 49.7 Å². The van der Waals surface area contributed by atoms with Gasteiger partial charge in [0, 0.05) is 94.8 Å². The molecule has 3 saturated heterocycles. The van der Waals surface area contributed by atoms with Gasteiger partial charge in [-0.15, -0.1) is 10.2 Å². The number of carbonyl (C=O) groups is 5. The SMILES string of the molecule is O=C(/C=C/c1cccnc1)NCCCCC1CCN(C(=O)c2ccc(N3CCN(CCCCCCC#Cc4cccc5c4CN(C4CCC(=O)NC4=O)C5=O)CC3)nn2)CC1. The number of anilines is 1. The van der Waals surface area contributed by atoms with Crippen molar-refractivity contribution < 1.29 is 24.0 Å². The number of piperazine rings is 1. The van der Waals surface area contributed by atoms with Crippen LogP contribution in [-0.4, -0.2) is 118 Å². The van der Waals surface area contributed by atoms with Crippen molar-refractivity contribution in [3.8, 4) is 11.8 Å². The number of piperidine rings is 2. The van der Waals surface area contributed by atoms with Crippen LogP contribution in [0.3, 0.4) is 0 Å². The van der Waals surface area contributed by atoms with Crippen LogP contribution in [0.2, 0.25) is 0 Å². The Morgan fingerprint density at radius 1 is 0.869 bits per heavy atom. The summed E-state index contributed by atoms with van der Waals surface area (Å²) >= 11 is 0. The summed E-state index contributed by atoms with van der Waals surface area (Å²) in [5.74, 6) is 6.96. The van der Waals surface area contributed by atoms with Gasteiger partial charge in [0.15, 0.2) is 11.5 Å². The average molecular weight is 828 g/mol. The maximum Gasteiger partial charge on any atom is 0.274 e. The number of fused-ring (bicyclic) bond motifs is 1. The summed E-state index contributed by atoms with van der Waals surface area (Å²) in [6, 6.07) is 12.4. The maximum absolute atomic E-state index is 13.2. The van der Waals surface area contributed by atoms with Crippen LogP contribution in [0.15, 0.2) is 60.9 Å². The molecule has 0 radical (unpaired) electrons. The smallest absolute Gasteiger partial charge is 0.274 e. The number of pyridine rings is 1. The number of rotatable bonds is 16. The van der Waals surface area contributed by atoms with Gasteiger partial charge in [-0.3, -0.25) is 39.2 Å². The molecule has 1 aromatic carbocycles. The predicted molar refractivity (Wildman–Crippen MR) is 232 cm³/mol. The molecule has 2 aromatic heterocycles. The van der Waals surface area contributed by atoms with Crippen molar-refractivity contribution in [2.45, 2.75) is 89.6 Å². The van der Waals surface area contributed by atoms with Gasteiger partial charge in [0.25, 0.3) is 11.8 Å². The Kier molecular flexibility index (Phi) is 15.2. The number of hydrogen-bond acceptors (Lipinski definition) is 10. The quantitative estimate of drug-likeness (QED) is 0.0904. The van der Waals surface area contributed by atoms with Gasteiger partial charge < -0.3 is 20.0 Å². The van der Waals surface area contributed by atoms with Gasteiger partial charge in [0.2, 0.25) is 17.7 Å². The van der Waals surface area contributed by atoms with E-state index in [1.165, 1.54) is 0 Å². The van der Waals surface area contributed by atoms with Crippen molar-refractivity contribution in [1.29, 1.82) is 0 Å². The first-order valence-corrected chi connectivity index (χ1v) is 22.0. The largest absolute Gasteiger partial charge is 0.353 e. The minimum Gasteiger partial charge on any atom is -0.353 e. The van der Waals surface area contributed by atoms with E-state index in [2.05, 4.69) is 47.5 Å². The standard InChI is InChI=1S/C47H57N9O5/c57-43(20-16-36-12-10-24-48-33-36)49-25-7-6-11-35-22-27-55(28-23-35)47(61)40-17-19-42(52-51-40)54-31-29-53(30-32-54)26-8-4-2-1-3-5-13-37-14-9-15-38-39(37)34-56(46(38)60)41-18-21-44(58)50-45(41)59/h9-10,12,14-17,19-20,24,33,35,41H,1-4,6-8,11,18,21-23,25-32,34H2,(H,49,57)(H,50,58,59)/b20-16+. The normalized spacial score (nSPS) is 18.5. The highest BCUT2D eigenvalue weighted by atomic mass is 16.2. The van der Waals surface area contributed by atoms with Crippen molar-refractivity contribution in [3.05, 3.63) is 88.9 Å². The zero-order chi connectivity index (χ0) is 42.4. The molecule has 0 saturated carbocycles. The van der Waals surface area contributed by atoms with Crippen molar-refractivity contribution in [1.82, 2.24) is 40.5 Å². The van der Waals surface area contributed by atoms with Crippen LogP contribution in [0.5, 0.6) is 0 Å². The number of aromatic nitrogens is 3. The zero-order valence-corrected chi connectivity index (χ0v) is 35.0. The van der Waals surface area contributed by atoms with E-state index in [1.807, 2.05) is 41.3 Å². The third-order valence-electron chi connectivity index (χ3n) is 12.2. The van der Waals surface area contributed by atoms with E-state index in [9.17, 15) is 24.0 Å². The van der Waals surface area contributed by atoms with Crippen molar-refractivity contribution in [3.63, 3.8) is 0 Å². The first-order valence-electron chi connectivity index (χ1n) is 22.0. The second kappa shape index (κ2) is 21.5. The van der Waals surface area contributed by atoms with Gasteiger partial charge in [0.1, 0.15) is 6.04 Å². The van der Waals surface area contributed by atoms with Crippen LogP contribution in [0.25, 0.3) is 6.08 Å². The number of unbranched alkanes of at least 4 members (excludes halogenated alkanes) is 5. The number of likely N-dealkylation sites (tertiary alicyclic amines) is 1. The fourth-order valence-corrected chi connectivity index (χ4v) is 8.63. The summed E-state index contributed by atoms with van der Waals surface area (Å²) < 4.78 is 0. The van der Waals surface area contributed by atoms with Crippen LogP contribution in [0.1, 0.15) is 115 Å². The van der Waals surface area contributed by atoms with E-state index in [-0.39, 0.29) is 30.0 Å². The highest BCUT2D eigenvalue weighted by molar-refractivity contribution is 6.05. The Labute approximate surface area is 358 Å². The average Bonchev–Trinajstić information content (AvgIpc) is 3.63. The highest BCUT2D eigenvalue weighted by Gasteiger charge is 2.39. The Morgan fingerprint density at radius 2 is 1.70 bits per heavy atom. The molecule has 2 N–H and O–H groups in total. The number of benzene rings is 1. The molecule has 0 bridgehead atoms. The maximum atomic E-state index is 13.2. The van der Waals surface area contributed by atoms with E-state index in [0.29, 0.717) is 36.7 Å². The molecule has 4 aliphatic heterocycles. The summed E-state index contributed by atoms with van der Waals surface area (Å²) in [4.78, 5) is 74.7. The second-order valence-electron chi connectivity index (χ2n) is 16.4. The molecular formula is C47H57N9O5. The number of nitrogens with one attached hydrogen (secondary N) is 2. The lowest BCUT2D eigenvalue weighted by molar-refractivity contribution is -0.137. The first-order chi connectivity index (χ1) is 29.8. The Bertz CT molecular complexity index is 2100. The van der Waals surface area contributed by atoms with Gasteiger partial charge in [-0.25, -0.2) is 0 Å². The highest BCUT2D eigenvalue weighted by Crippen LogP contribution is 2.30. The molecule has 1 atom stereocenters. The van der Waals surface area contributed by atoms with Crippen molar-refractivity contribution in [2.24, 2.45) is 5.92 Å². The topological polar surface area (TPSA) is 161 Å². The van der Waals surface area contributed by atoms with E-state index < -0.39 is 11.9 Å². The lowest BCUT2D eigenvalue weighted by Crippen LogP contribution is -2.52. The van der Waals surface area contributed by atoms with E-state index in [0.717, 1.165) is 133 Å². The summed E-state index contributed by atoms with van der Waals surface area (Å²) in [6.45, 7) is 7.20. The van der Waals surface area contributed by atoms with Gasteiger partial charge >= 0.3 is 0 Å². The Balaban J connectivity index is 0.727. The van der Waals surface area contributed by atoms with E-state index >= 15 is 0 Å². The molecule has 61 heavy (non-hydrogen) atoms. The minimum atomic E-state index is -0.627. The monoisotopic (exact) mass is 827 g/mol. The van der Waals surface area contributed by atoms with Gasteiger partial charge in [-0.05, 0) is 98.5 Å². The third-order valence-corrected chi connectivity index (χ3v) is 12.2. The molecule has 3 fully saturated rings. The molecule has 320 valence electrons. The number of hydrogen-bond donors (Lipinski definition) is 2. The Hall–Kier alpha value is -5.94. The molecule has 14 heteroatoms. The van der Waals surface area contributed by atoms with Crippen LogP contribution >= 0.6 is 0 Å². The minimum absolute atomic E-state index is 0.0476. The number of carbonyl (C=O) groups excluding carboxylic acids is 5. The van der Waals surface area contributed by atoms with Crippen LogP contribution in [0.4, 0.5) is 5.82 Å². The molecule has 14 nitrogen and oxygen atoms in total. The van der Waals surface area contributed by atoms with Crippen LogP contribution in [-0.2, 0) is 20.9 Å². The summed E-state index contributed by atoms with van der Waals surface area (Å²) in [7, 11) is 0. The summed E-state index contributed by atoms with van der Waals surface area (Å²) in [6.07, 6.45) is 17.6. The van der Waals surface area contributed by atoms with E-state index in [4.69, 9.17) is 0 Å². The molecule has 1 unspecified atom stereocenters. The summed E-state index contributed by atoms with van der Waals surface area (Å²) in [5, 5.41) is 14.1. The molecule has 0 aliphatic carbocycles. The van der Waals surface area contributed by atoms with Crippen LogP contribution in [0, 0.1) is 17.8 Å². The van der Waals surface area contributed by atoms with Crippen LogP contribution < -0.4 is 15.5 Å². The van der Waals surface area contributed by atoms with Gasteiger partial charge in [-0.2, -0.15) is 0 Å². The molecule has 3 aromatic rings. The van der Waals surface area contributed by atoms with Crippen molar-refractivity contribution in [2.75, 3.05) is 57.3 Å². The molecule has 5 amide bonds. The Morgan fingerprint density at radius 3 is 2.48 bits per heavy atom. The van der Waals surface area contributed by atoms with E-state index in [1.54, 1.807) is 35.5 Å². The second-order valence-corrected chi connectivity index (χ2v) is 16.4. The molecule has 6 heterocycles. The van der Waals surface area contributed by atoms with Crippen molar-refractivity contribution >= 4 is 41.4 Å². The lowest BCUT2D eigenvalue weighted by atomic mass is 9.91. The summed E-state index contributed by atoms with van der Waals surface area (Å²) in [5.41, 5.74) is 3.58. The third kappa shape index (κ3) is 11.9. The number of imide groups is 1. The lowest BCUT2D eigenvalue weighted by Gasteiger charge is -2.35. The molecule has 4 aliphatic rings.